The smallest absolute Gasteiger partial charge is 0.288 e. The number of furan rings is 1. The van der Waals surface area contributed by atoms with Crippen molar-refractivity contribution in [1.29, 1.82) is 0 Å². The molecule has 1 aromatic heterocycles. The maximum Gasteiger partial charge on any atom is 0.288 e. The summed E-state index contributed by atoms with van der Waals surface area (Å²) in [6, 6.07) is 13.5. The van der Waals surface area contributed by atoms with Gasteiger partial charge >= 0.3 is 0 Å². The Morgan fingerprint density at radius 3 is 2.44 bits per heavy atom. The Morgan fingerprint density at radius 1 is 1.06 bits per heavy atom. The number of nitrogens with zero attached hydrogens (tertiary/aromatic N) is 2. The molecule has 0 amide bonds. The van der Waals surface area contributed by atoms with Crippen LogP contribution >= 0.6 is 11.6 Å². The molecule has 1 saturated heterocycles. The summed E-state index contributed by atoms with van der Waals surface area (Å²) in [5, 5.41) is 11.0. The number of sulfonamides is 1. The van der Waals surface area contributed by atoms with Crippen LogP contribution in [0.5, 0.6) is 0 Å². The highest BCUT2D eigenvalue weighted by Crippen LogP contribution is 2.27. The number of rotatable bonds is 7. The topological polar surface area (TPSA) is 120 Å². The minimum atomic E-state index is -3.59. The summed E-state index contributed by atoms with van der Waals surface area (Å²) in [7, 11) is -3.59. The summed E-state index contributed by atoms with van der Waals surface area (Å²) in [6.45, 7) is 1.38. The molecule has 1 fully saturated rings. The predicted molar refractivity (Wildman–Crippen MR) is 125 cm³/mol. The van der Waals surface area contributed by atoms with Crippen LogP contribution in [0.3, 0.4) is 0 Å². The molecule has 1 aliphatic rings. The van der Waals surface area contributed by atoms with Gasteiger partial charge in [0.05, 0.1) is 23.0 Å². The molecule has 0 radical (unpaired) electrons. The van der Waals surface area contributed by atoms with E-state index >= 15 is 0 Å². The molecule has 0 N–H and O–H groups in total. The van der Waals surface area contributed by atoms with Crippen molar-refractivity contribution in [2.45, 2.75) is 4.90 Å². The molecular weight excluding hydrogens is 484 g/mol. The number of morpholine rings is 1. The molecule has 34 heavy (non-hydrogen) atoms. The lowest BCUT2D eigenvalue weighted by atomic mass is 10.1. The molecule has 4 rings (SSSR count). The number of benzene rings is 2. The number of allylic oxidation sites excluding steroid dienone is 1. The van der Waals surface area contributed by atoms with Crippen LogP contribution in [-0.2, 0) is 14.8 Å². The third kappa shape index (κ3) is 5.10. The van der Waals surface area contributed by atoms with Gasteiger partial charge < -0.3 is 9.15 Å². The SMILES string of the molecule is O=C(C=Cc1ccc(-c2ccc(S(=O)(=O)N3CCOCC3)cc2)o1)c1ccc(Cl)c([N+](=O)[O-])c1. The van der Waals surface area contributed by atoms with Crippen LogP contribution in [0, 0.1) is 10.1 Å². The van der Waals surface area contributed by atoms with Crippen molar-refractivity contribution in [3.63, 3.8) is 0 Å². The molecule has 3 aromatic rings. The largest absolute Gasteiger partial charge is 0.457 e. The Balaban J connectivity index is 1.47. The van der Waals surface area contributed by atoms with Gasteiger partial charge in [-0.3, -0.25) is 14.9 Å². The maximum absolute atomic E-state index is 12.7. The number of nitro benzene ring substituents is 1. The molecule has 11 heteroatoms. The van der Waals surface area contributed by atoms with Gasteiger partial charge in [-0.1, -0.05) is 11.6 Å². The Labute approximate surface area is 200 Å². The third-order valence-corrected chi connectivity index (χ3v) is 7.43. The van der Waals surface area contributed by atoms with Crippen molar-refractivity contribution in [3.8, 4) is 11.3 Å². The Bertz CT molecular complexity index is 1360. The third-order valence-electron chi connectivity index (χ3n) is 5.20. The van der Waals surface area contributed by atoms with E-state index in [0.29, 0.717) is 43.4 Å². The maximum atomic E-state index is 12.7. The number of hydrogen-bond donors (Lipinski definition) is 0. The number of ether oxygens (including phenoxy) is 1. The highest BCUT2D eigenvalue weighted by atomic mass is 35.5. The lowest BCUT2D eigenvalue weighted by molar-refractivity contribution is -0.384. The van der Waals surface area contributed by atoms with Crippen molar-refractivity contribution in [2.24, 2.45) is 0 Å². The van der Waals surface area contributed by atoms with Gasteiger partial charge in [-0.05, 0) is 60.7 Å². The fourth-order valence-electron chi connectivity index (χ4n) is 3.38. The standard InChI is InChI=1S/C23H19ClN2O7S/c24-20-8-3-17(15-21(20)26(28)29)22(27)9-4-18-5-10-23(33-18)16-1-6-19(7-2-16)34(30,31)25-11-13-32-14-12-25/h1-10,15H,11-14H2. The fraction of sp³-hybridized carbons (Fsp3) is 0.174. The Hall–Kier alpha value is -3.31. The molecule has 9 nitrogen and oxygen atoms in total. The first-order valence-electron chi connectivity index (χ1n) is 10.2. The normalized spacial score (nSPS) is 15.0. The lowest BCUT2D eigenvalue weighted by Gasteiger charge is -2.26. The molecule has 0 saturated carbocycles. The van der Waals surface area contributed by atoms with Crippen molar-refractivity contribution in [2.75, 3.05) is 26.3 Å². The van der Waals surface area contributed by atoms with Gasteiger partial charge in [0.25, 0.3) is 5.69 Å². The second-order valence-electron chi connectivity index (χ2n) is 7.36. The average molecular weight is 503 g/mol. The van der Waals surface area contributed by atoms with Gasteiger partial charge in [0.2, 0.25) is 10.0 Å². The van der Waals surface area contributed by atoms with Crippen molar-refractivity contribution in [1.82, 2.24) is 4.31 Å². The highest BCUT2D eigenvalue weighted by molar-refractivity contribution is 7.89. The molecule has 0 bridgehead atoms. The van der Waals surface area contributed by atoms with Gasteiger partial charge in [-0.2, -0.15) is 4.31 Å². The average Bonchev–Trinajstić information content (AvgIpc) is 3.32. The number of carbonyl (C=O) groups excluding carboxylic acids is 1. The van der Waals surface area contributed by atoms with E-state index in [0.717, 1.165) is 6.07 Å². The van der Waals surface area contributed by atoms with E-state index in [1.165, 1.54) is 40.7 Å². The summed E-state index contributed by atoms with van der Waals surface area (Å²) >= 11 is 5.78. The molecule has 2 aromatic carbocycles. The minimum Gasteiger partial charge on any atom is -0.457 e. The summed E-state index contributed by atoms with van der Waals surface area (Å²) in [6.07, 6.45) is 2.69. The highest BCUT2D eigenvalue weighted by Gasteiger charge is 2.26. The summed E-state index contributed by atoms with van der Waals surface area (Å²) in [5.41, 5.74) is 0.441. The van der Waals surface area contributed by atoms with E-state index in [1.54, 1.807) is 24.3 Å². The van der Waals surface area contributed by atoms with Gasteiger partial charge in [0, 0.05) is 30.3 Å². The van der Waals surface area contributed by atoms with Crippen LogP contribution in [0.15, 0.2) is 70.0 Å². The van der Waals surface area contributed by atoms with Crippen molar-refractivity contribution < 1.29 is 27.3 Å². The van der Waals surface area contributed by atoms with Gasteiger partial charge in [0.1, 0.15) is 16.5 Å². The van der Waals surface area contributed by atoms with E-state index < -0.39 is 20.7 Å². The van der Waals surface area contributed by atoms with Crippen LogP contribution in [-0.4, -0.2) is 49.7 Å². The summed E-state index contributed by atoms with van der Waals surface area (Å²) < 4.78 is 37.8. The molecule has 1 aliphatic heterocycles. The number of nitro groups is 1. The number of ketones is 1. The Morgan fingerprint density at radius 2 is 1.76 bits per heavy atom. The minimum absolute atomic E-state index is 0.0510. The molecule has 0 atom stereocenters. The van der Waals surface area contributed by atoms with Crippen LogP contribution < -0.4 is 0 Å². The molecule has 2 heterocycles. The van der Waals surface area contributed by atoms with Crippen LogP contribution in [0.1, 0.15) is 16.1 Å². The molecule has 0 unspecified atom stereocenters. The molecule has 176 valence electrons. The first kappa shape index (κ1) is 23.8. The van der Waals surface area contributed by atoms with E-state index in [-0.39, 0.29) is 21.2 Å². The number of carbonyl (C=O) groups is 1. The van der Waals surface area contributed by atoms with Gasteiger partial charge in [0.15, 0.2) is 5.78 Å². The van der Waals surface area contributed by atoms with Crippen LogP contribution in [0.25, 0.3) is 17.4 Å². The zero-order valence-corrected chi connectivity index (χ0v) is 19.3. The summed E-state index contributed by atoms with van der Waals surface area (Å²) in [4.78, 5) is 22.9. The predicted octanol–water partition coefficient (Wildman–Crippen LogP) is 4.43. The van der Waals surface area contributed by atoms with Crippen LogP contribution in [0.2, 0.25) is 5.02 Å². The first-order valence-corrected chi connectivity index (χ1v) is 12.0. The second-order valence-corrected chi connectivity index (χ2v) is 9.71. The number of halogens is 1. The van der Waals surface area contributed by atoms with E-state index in [2.05, 4.69) is 0 Å². The second kappa shape index (κ2) is 9.90. The number of hydrogen-bond acceptors (Lipinski definition) is 7. The monoisotopic (exact) mass is 502 g/mol. The van der Waals surface area contributed by atoms with Crippen molar-refractivity contribution in [3.05, 3.63) is 87.1 Å². The van der Waals surface area contributed by atoms with E-state index in [9.17, 15) is 23.3 Å². The van der Waals surface area contributed by atoms with Crippen molar-refractivity contribution >= 4 is 39.2 Å². The quantitative estimate of drug-likeness (QED) is 0.203. The molecule has 0 spiro atoms. The summed E-state index contributed by atoms with van der Waals surface area (Å²) in [5.74, 6) is 0.428. The lowest BCUT2D eigenvalue weighted by Crippen LogP contribution is -2.40. The van der Waals surface area contributed by atoms with E-state index in [1.807, 2.05) is 0 Å². The Kier molecular flexibility index (Phi) is 6.94. The van der Waals surface area contributed by atoms with Gasteiger partial charge in [-0.25, -0.2) is 8.42 Å². The zero-order chi connectivity index (χ0) is 24.3. The molecular formula is C23H19ClN2O7S. The zero-order valence-electron chi connectivity index (χ0n) is 17.7. The van der Waals surface area contributed by atoms with Crippen LogP contribution in [0.4, 0.5) is 5.69 Å². The van der Waals surface area contributed by atoms with E-state index in [4.69, 9.17) is 20.8 Å². The fourth-order valence-corrected chi connectivity index (χ4v) is 4.98. The first-order chi connectivity index (χ1) is 16.3. The molecule has 0 aliphatic carbocycles. The van der Waals surface area contributed by atoms with Gasteiger partial charge in [-0.15, -0.1) is 0 Å².